The molecule has 0 fully saturated rings. The summed E-state index contributed by atoms with van der Waals surface area (Å²) in [5.74, 6) is -0.952. The summed E-state index contributed by atoms with van der Waals surface area (Å²) in [5.41, 5.74) is 2.07. The van der Waals surface area contributed by atoms with Crippen molar-refractivity contribution in [2.24, 2.45) is 0 Å². The fourth-order valence-corrected chi connectivity index (χ4v) is 2.08. The monoisotopic (exact) mass is 311 g/mol. The van der Waals surface area contributed by atoms with Gasteiger partial charge in [-0.1, -0.05) is 5.16 Å². The molecule has 0 spiro atoms. The Morgan fingerprint density at radius 3 is 2.61 bits per heavy atom. The second kappa shape index (κ2) is 4.45. The van der Waals surface area contributed by atoms with Gasteiger partial charge < -0.3 is 14.7 Å². The highest BCUT2D eigenvalue weighted by Crippen LogP contribution is 2.39. The molecule has 2 rings (SSSR count). The number of aromatic hydroxyl groups is 1. The summed E-state index contributed by atoms with van der Waals surface area (Å²) in [5, 5.41) is 22.2. The molecule has 1 aromatic carbocycles. The number of carboxylic acids is 1. The molecule has 0 atom stereocenters. The average Bonchev–Trinajstić information content (AvgIpc) is 2.80. The van der Waals surface area contributed by atoms with Crippen LogP contribution in [-0.2, 0) is 0 Å². The quantitative estimate of drug-likeness (QED) is 0.890. The van der Waals surface area contributed by atoms with E-state index >= 15 is 0 Å². The van der Waals surface area contributed by atoms with Crippen LogP contribution in [0.15, 0.2) is 21.1 Å². The largest absolute Gasteiger partial charge is 0.506 e. The number of hydrogen-bond donors (Lipinski definition) is 2. The molecule has 94 valence electrons. The fraction of sp³-hybridized carbons (Fsp3) is 0.167. The van der Waals surface area contributed by atoms with Gasteiger partial charge in [0.2, 0.25) is 0 Å². The molecular formula is C12H10BrNO4. The second-order valence-electron chi connectivity index (χ2n) is 3.91. The minimum absolute atomic E-state index is 0.00573. The van der Waals surface area contributed by atoms with Gasteiger partial charge in [-0.15, -0.1) is 0 Å². The van der Waals surface area contributed by atoms with Crippen LogP contribution < -0.4 is 0 Å². The Bertz CT molecular complexity index is 633. The van der Waals surface area contributed by atoms with Crippen molar-refractivity contribution in [2.45, 2.75) is 13.8 Å². The standard InChI is InChI=1S/C12H10BrNO4/c1-5-3-7(11(15)10(13)6(5)2)9-4-8(12(16)17)14-18-9/h3-4,15H,1-2H3,(H,16,17). The number of benzene rings is 1. The van der Waals surface area contributed by atoms with Crippen LogP contribution in [-0.4, -0.2) is 21.3 Å². The summed E-state index contributed by atoms with van der Waals surface area (Å²) < 4.78 is 5.49. The lowest BCUT2D eigenvalue weighted by Crippen LogP contribution is -1.94. The van der Waals surface area contributed by atoms with Crippen LogP contribution >= 0.6 is 15.9 Å². The Balaban J connectivity index is 2.60. The maximum absolute atomic E-state index is 10.7. The maximum Gasteiger partial charge on any atom is 0.358 e. The molecule has 1 aromatic heterocycles. The molecule has 2 aromatic rings. The van der Waals surface area contributed by atoms with E-state index in [9.17, 15) is 9.90 Å². The Labute approximate surface area is 111 Å². The molecule has 1 heterocycles. The third-order valence-electron chi connectivity index (χ3n) is 2.74. The number of phenols is 1. The number of aromatic carboxylic acids is 1. The topological polar surface area (TPSA) is 83.6 Å². The van der Waals surface area contributed by atoms with Crippen molar-refractivity contribution in [2.75, 3.05) is 0 Å². The minimum Gasteiger partial charge on any atom is -0.506 e. The van der Waals surface area contributed by atoms with Gasteiger partial charge >= 0.3 is 5.97 Å². The van der Waals surface area contributed by atoms with E-state index in [2.05, 4.69) is 21.1 Å². The van der Waals surface area contributed by atoms with Crippen molar-refractivity contribution in [3.63, 3.8) is 0 Å². The number of rotatable bonds is 2. The van der Waals surface area contributed by atoms with Crippen LogP contribution in [0.2, 0.25) is 0 Å². The Hall–Kier alpha value is -1.82. The summed E-state index contributed by atoms with van der Waals surface area (Å²) in [6.07, 6.45) is 0. The Kier molecular flexibility index (Phi) is 3.13. The number of carbonyl (C=O) groups is 1. The summed E-state index contributed by atoms with van der Waals surface area (Å²) in [6.45, 7) is 3.75. The van der Waals surface area contributed by atoms with Crippen LogP contribution in [0.3, 0.4) is 0 Å². The van der Waals surface area contributed by atoms with Crippen molar-refractivity contribution in [1.29, 1.82) is 0 Å². The van der Waals surface area contributed by atoms with Gasteiger partial charge in [0, 0.05) is 6.07 Å². The summed E-state index contributed by atoms with van der Waals surface area (Å²) in [6, 6.07) is 3.00. The summed E-state index contributed by atoms with van der Waals surface area (Å²) in [7, 11) is 0. The molecule has 0 amide bonds. The van der Waals surface area contributed by atoms with Crippen molar-refractivity contribution < 1.29 is 19.5 Å². The maximum atomic E-state index is 10.7. The van der Waals surface area contributed by atoms with E-state index in [1.54, 1.807) is 6.07 Å². The van der Waals surface area contributed by atoms with Crippen molar-refractivity contribution in [3.8, 4) is 17.1 Å². The number of phenolic OH excluding ortho intramolecular Hbond substituents is 1. The van der Waals surface area contributed by atoms with E-state index in [0.717, 1.165) is 11.1 Å². The molecule has 2 N–H and O–H groups in total. The van der Waals surface area contributed by atoms with Crippen LogP contribution in [0.5, 0.6) is 5.75 Å². The van der Waals surface area contributed by atoms with Gasteiger partial charge in [-0.25, -0.2) is 4.79 Å². The summed E-state index contributed by atoms with van der Waals surface area (Å²) in [4.78, 5) is 10.7. The van der Waals surface area contributed by atoms with Gasteiger partial charge in [0.15, 0.2) is 11.5 Å². The number of hydrogen-bond acceptors (Lipinski definition) is 4. The normalized spacial score (nSPS) is 10.6. The lowest BCUT2D eigenvalue weighted by atomic mass is 10.0. The van der Waals surface area contributed by atoms with Crippen molar-refractivity contribution in [3.05, 3.63) is 33.4 Å². The molecule has 0 saturated heterocycles. The molecule has 0 bridgehead atoms. The Morgan fingerprint density at radius 2 is 2.06 bits per heavy atom. The van der Waals surface area contributed by atoms with Crippen LogP contribution in [0.25, 0.3) is 11.3 Å². The second-order valence-corrected chi connectivity index (χ2v) is 4.70. The average molecular weight is 312 g/mol. The number of nitrogens with zero attached hydrogens (tertiary/aromatic N) is 1. The highest BCUT2D eigenvalue weighted by molar-refractivity contribution is 9.10. The van der Waals surface area contributed by atoms with E-state index < -0.39 is 5.97 Å². The Morgan fingerprint density at radius 1 is 1.39 bits per heavy atom. The zero-order chi connectivity index (χ0) is 13.4. The lowest BCUT2D eigenvalue weighted by Gasteiger charge is -2.09. The number of aryl methyl sites for hydroxylation is 1. The molecule has 0 aliphatic carbocycles. The minimum atomic E-state index is -1.17. The molecule has 0 radical (unpaired) electrons. The summed E-state index contributed by atoms with van der Waals surface area (Å²) >= 11 is 3.29. The van der Waals surface area contributed by atoms with Crippen LogP contribution in [0.1, 0.15) is 21.6 Å². The van der Waals surface area contributed by atoms with E-state index in [4.69, 9.17) is 9.63 Å². The molecule has 18 heavy (non-hydrogen) atoms. The van der Waals surface area contributed by atoms with E-state index in [0.29, 0.717) is 10.0 Å². The van der Waals surface area contributed by atoms with Crippen LogP contribution in [0, 0.1) is 13.8 Å². The first-order chi connectivity index (χ1) is 8.41. The molecule has 0 aliphatic rings. The van der Waals surface area contributed by atoms with Crippen molar-refractivity contribution in [1.82, 2.24) is 5.16 Å². The SMILES string of the molecule is Cc1cc(-c2cc(C(=O)O)no2)c(O)c(Br)c1C. The zero-order valence-corrected chi connectivity index (χ0v) is 11.3. The van der Waals surface area contributed by atoms with Gasteiger partial charge in [-0.2, -0.15) is 0 Å². The highest BCUT2D eigenvalue weighted by atomic mass is 79.9. The fourth-order valence-electron chi connectivity index (χ4n) is 1.55. The van der Waals surface area contributed by atoms with Crippen LogP contribution in [0.4, 0.5) is 0 Å². The number of aromatic nitrogens is 1. The van der Waals surface area contributed by atoms with E-state index in [1.165, 1.54) is 6.07 Å². The molecule has 0 saturated carbocycles. The van der Waals surface area contributed by atoms with Gasteiger partial charge in [-0.3, -0.25) is 0 Å². The first-order valence-electron chi connectivity index (χ1n) is 5.11. The number of carboxylic acid groups (broad SMARTS) is 1. The predicted octanol–water partition coefficient (Wildman–Crippen LogP) is 3.12. The molecular weight excluding hydrogens is 302 g/mol. The smallest absolute Gasteiger partial charge is 0.358 e. The molecule has 0 aliphatic heterocycles. The first kappa shape index (κ1) is 12.6. The van der Waals surface area contributed by atoms with Gasteiger partial charge in [0.1, 0.15) is 5.75 Å². The highest BCUT2D eigenvalue weighted by Gasteiger charge is 2.18. The molecule has 5 nitrogen and oxygen atoms in total. The van der Waals surface area contributed by atoms with Gasteiger partial charge in [-0.05, 0) is 47.0 Å². The zero-order valence-electron chi connectivity index (χ0n) is 9.69. The van der Waals surface area contributed by atoms with E-state index in [1.807, 2.05) is 13.8 Å². The predicted molar refractivity (Wildman–Crippen MR) is 67.7 cm³/mol. The third-order valence-corrected chi connectivity index (χ3v) is 3.71. The molecule has 6 heteroatoms. The third kappa shape index (κ3) is 1.99. The first-order valence-corrected chi connectivity index (χ1v) is 5.90. The number of halogens is 1. The van der Waals surface area contributed by atoms with Gasteiger partial charge in [0.05, 0.1) is 10.0 Å². The van der Waals surface area contributed by atoms with Gasteiger partial charge in [0.25, 0.3) is 0 Å². The van der Waals surface area contributed by atoms with E-state index in [-0.39, 0.29) is 17.2 Å². The lowest BCUT2D eigenvalue weighted by molar-refractivity contribution is 0.0686. The molecule has 0 unspecified atom stereocenters. The van der Waals surface area contributed by atoms with Crippen molar-refractivity contribution >= 4 is 21.9 Å².